The van der Waals surface area contributed by atoms with Crippen LogP contribution in [0.1, 0.15) is 110 Å². The highest BCUT2D eigenvalue weighted by molar-refractivity contribution is 6.34. The first-order valence-corrected chi connectivity index (χ1v) is 26.0. The highest BCUT2D eigenvalue weighted by atomic mass is 35.5. The van der Waals surface area contributed by atoms with Crippen LogP contribution in [0.15, 0.2) is 66.7 Å². The number of anilines is 1. The summed E-state index contributed by atoms with van der Waals surface area (Å²) in [5.41, 5.74) is 6.71. The van der Waals surface area contributed by atoms with Crippen LogP contribution in [0.4, 0.5) is 19.4 Å². The maximum atomic E-state index is 16.6. The van der Waals surface area contributed by atoms with Crippen LogP contribution in [0.3, 0.4) is 0 Å². The number of urea groups is 1. The smallest absolute Gasteiger partial charge is 0.329 e. The van der Waals surface area contributed by atoms with E-state index in [0.717, 1.165) is 94.0 Å². The molecular weight excluding hydrogens is 958 g/mol. The zero-order valence-corrected chi connectivity index (χ0v) is 41.9. The Bertz CT molecular complexity index is 3020. The van der Waals surface area contributed by atoms with Gasteiger partial charge in [0.2, 0.25) is 17.7 Å². The van der Waals surface area contributed by atoms with E-state index in [4.69, 9.17) is 26.8 Å². The van der Waals surface area contributed by atoms with Gasteiger partial charge >= 0.3 is 6.03 Å². The van der Waals surface area contributed by atoms with Crippen molar-refractivity contribution >= 4 is 52.1 Å². The summed E-state index contributed by atoms with van der Waals surface area (Å²) >= 11 is 6.78. The molecule has 11 rings (SSSR count). The Hall–Kier alpha value is -6.14. The van der Waals surface area contributed by atoms with Crippen LogP contribution in [-0.2, 0) is 22.2 Å². The standard InChI is InChI=1S/C55H61ClF2N8O7/c1-32-44-42(29-39(57)47(56)46(44)45-38(49(59)69)10-11-41(48(45)58)72-27-26-67)73-55(32,35-6-4-3-5-7-35)31-60-54-19-17-53(30-54,18-20-54)51(70)65-23-14-36(15-24-65)64-21-12-33(13-22-64)34-8-9-37-40(28-34)63(2)62-50(37)66-25-16-43(68)61-52(66)71/h3-11,28-29,32-33,36,60,67H,12-27,30-31H2,1-2H3,(H2,59,69)(H,61,68,71)/t32-,53?,54?,55-/m0/s1. The topological polar surface area (TPSA) is 185 Å². The molecule has 5 N–H and O–H groups in total. The molecule has 18 heteroatoms. The van der Waals surface area contributed by atoms with Crippen molar-refractivity contribution in [3.05, 3.63) is 106 Å². The second kappa shape index (κ2) is 19.0. The molecule has 73 heavy (non-hydrogen) atoms. The number of amides is 5. The van der Waals surface area contributed by atoms with Gasteiger partial charge in [0.25, 0.3) is 0 Å². The van der Waals surface area contributed by atoms with Crippen LogP contribution < -0.4 is 30.7 Å². The van der Waals surface area contributed by atoms with Crippen molar-refractivity contribution < 1.29 is 42.5 Å². The molecular formula is C55H61ClF2N8O7. The number of nitrogens with zero attached hydrogens (tertiary/aromatic N) is 5. The minimum Gasteiger partial charge on any atom is -0.488 e. The van der Waals surface area contributed by atoms with E-state index in [9.17, 15) is 24.3 Å². The molecule has 2 saturated carbocycles. The van der Waals surface area contributed by atoms with Gasteiger partial charge in [-0.05, 0) is 112 Å². The number of primary amides is 1. The molecule has 4 aliphatic heterocycles. The molecule has 0 spiro atoms. The van der Waals surface area contributed by atoms with Crippen molar-refractivity contribution in [3.8, 4) is 22.6 Å². The minimum absolute atomic E-state index is 0.0530. The monoisotopic (exact) mass is 1020 g/mol. The number of aromatic nitrogens is 2. The maximum Gasteiger partial charge on any atom is 0.329 e. The highest BCUT2D eigenvalue weighted by Crippen LogP contribution is 2.60. The molecule has 15 nitrogen and oxygen atoms in total. The zero-order valence-electron chi connectivity index (χ0n) is 41.2. The molecule has 2 bridgehead atoms. The number of likely N-dealkylation sites (tertiary alicyclic amines) is 2. The van der Waals surface area contributed by atoms with E-state index in [1.165, 1.54) is 23.8 Å². The lowest BCUT2D eigenvalue weighted by molar-refractivity contribution is -0.143. The highest BCUT2D eigenvalue weighted by Gasteiger charge is 2.60. The molecule has 5 amide bonds. The number of aliphatic hydroxyl groups is 1. The van der Waals surface area contributed by atoms with Crippen LogP contribution in [0.25, 0.3) is 22.0 Å². The molecule has 0 radical (unpaired) electrons. The number of benzene rings is 4. The molecule has 5 fully saturated rings. The summed E-state index contributed by atoms with van der Waals surface area (Å²) in [6.07, 6.45) is 8.02. The van der Waals surface area contributed by atoms with Crippen LogP contribution in [0.2, 0.25) is 5.02 Å². The van der Waals surface area contributed by atoms with Crippen molar-refractivity contribution in [2.45, 2.75) is 100 Å². The fraction of sp³-hybridized carbons (Fsp3) is 0.473. The number of nitrogens with two attached hydrogens (primary N) is 1. The number of piperidine rings is 2. The third-order valence-corrected chi connectivity index (χ3v) is 17.7. The summed E-state index contributed by atoms with van der Waals surface area (Å²) in [6, 6.07) is 19.8. The number of hydrogen-bond donors (Lipinski definition) is 4. The number of aryl methyl sites for hydroxylation is 1. The van der Waals surface area contributed by atoms with Gasteiger partial charge in [0.1, 0.15) is 18.2 Å². The van der Waals surface area contributed by atoms with E-state index in [2.05, 4.69) is 43.7 Å². The summed E-state index contributed by atoms with van der Waals surface area (Å²) in [5.74, 6) is -2.50. The number of ether oxygens (including phenoxy) is 2. The fourth-order valence-corrected chi connectivity index (χ4v) is 13.6. The number of hydrogen-bond acceptors (Lipinski definition) is 10. The number of carbonyl (C=O) groups is 4. The molecule has 384 valence electrons. The third-order valence-electron chi connectivity index (χ3n) is 17.3. The number of halogens is 3. The second-order valence-electron chi connectivity index (χ2n) is 21.2. The van der Waals surface area contributed by atoms with Gasteiger partial charge in [-0.15, -0.1) is 0 Å². The van der Waals surface area contributed by atoms with Crippen LogP contribution in [0, 0.1) is 17.0 Å². The number of fused-ring (bicyclic) bond motifs is 4. The van der Waals surface area contributed by atoms with Crippen molar-refractivity contribution in [1.29, 1.82) is 0 Å². The summed E-state index contributed by atoms with van der Waals surface area (Å²) in [5, 5.41) is 20.9. The van der Waals surface area contributed by atoms with Gasteiger partial charge in [-0.2, -0.15) is 5.10 Å². The SMILES string of the molecule is C[C@H]1c2c(cc(F)c(Cl)c2-c2c(C(N)=O)ccc(OCCO)c2F)O[C@]1(CNC12CCC(C(=O)N3CCC(N4CCC(c5ccc6c(N7CCC(=O)NC7=O)nn(C)c6c5)CC4)CC3)(CC1)C2)c1ccccc1. The second-order valence-corrected chi connectivity index (χ2v) is 21.6. The lowest BCUT2D eigenvalue weighted by Crippen LogP contribution is -2.52. The first kappa shape index (κ1) is 49.1. The zero-order chi connectivity index (χ0) is 51.0. The Morgan fingerprint density at radius 2 is 1.70 bits per heavy atom. The normalized spacial score (nSPS) is 25.6. The first-order chi connectivity index (χ1) is 35.1. The predicted molar refractivity (Wildman–Crippen MR) is 271 cm³/mol. The Labute approximate surface area is 427 Å². The molecule has 5 heterocycles. The van der Waals surface area contributed by atoms with E-state index in [0.29, 0.717) is 36.3 Å². The Morgan fingerprint density at radius 3 is 2.40 bits per heavy atom. The van der Waals surface area contributed by atoms with Crippen molar-refractivity contribution in [3.63, 3.8) is 0 Å². The van der Waals surface area contributed by atoms with Crippen LogP contribution in [-0.4, -0.2) is 113 Å². The molecule has 2 aliphatic carbocycles. The van der Waals surface area contributed by atoms with E-state index in [1.807, 2.05) is 49.0 Å². The minimum atomic E-state index is -1.14. The van der Waals surface area contributed by atoms with Gasteiger partial charge in [-0.25, -0.2) is 13.6 Å². The molecule has 0 unspecified atom stereocenters. The Morgan fingerprint density at radius 1 is 0.959 bits per heavy atom. The fourth-order valence-electron chi connectivity index (χ4n) is 13.4. The molecule has 3 saturated heterocycles. The molecule has 5 aromatic rings. The van der Waals surface area contributed by atoms with Gasteiger partial charge in [0.15, 0.2) is 23.0 Å². The van der Waals surface area contributed by atoms with Gasteiger partial charge in [-0.3, -0.25) is 29.3 Å². The van der Waals surface area contributed by atoms with Crippen molar-refractivity contribution in [2.75, 3.05) is 57.4 Å². The van der Waals surface area contributed by atoms with Crippen LogP contribution >= 0.6 is 11.6 Å². The number of imide groups is 1. The lowest BCUT2D eigenvalue weighted by Gasteiger charge is -2.43. The maximum absolute atomic E-state index is 16.6. The number of nitrogens with one attached hydrogen (secondary N) is 2. The molecule has 4 aromatic carbocycles. The van der Waals surface area contributed by atoms with Crippen molar-refractivity contribution in [2.24, 2.45) is 18.2 Å². The predicted octanol–water partition coefficient (Wildman–Crippen LogP) is 7.64. The summed E-state index contributed by atoms with van der Waals surface area (Å²) in [4.78, 5) is 58.2. The summed E-state index contributed by atoms with van der Waals surface area (Å²) < 4.78 is 46.8. The number of aliphatic hydroxyl groups excluding tert-OH is 1. The largest absolute Gasteiger partial charge is 0.488 e. The number of rotatable bonds is 13. The van der Waals surface area contributed by atoms with Crippen molar-refractivity contribution in [1.82, 2.24) is 30.2 Å². The average molecular weight is 1020 g/mol. The Kier molecular flexibility index (Phi) is 12.8. The molecule has 2 atom stereocenters. The Balaban J connectivity index is 0.750. The van der Waals surface area contributed by atoms with Gasteiger partial charge < -0.3 is 35.4 Å². The molecule has 6 aliphatic rings. The van der Waals surface area contributed by atoms with Gasteiger partial charge in [-0.1, -0.05) is 54.9 Å². The number of carbonyl (C=O) groups excluding carboxylic acids is 4. The van der Waals surface area contributed by atoms with E-state index in [1.54, 1.807) is 4.90 Å². The summed E-state index contributed by atoms with van der Waals surface area (Å²) in [7, 11) is 1.89. The average Bonchev–Trinajstić information content (AvgIpc) is 4.15. The van der Waals surface area contributed by atoms with E-state index in [-0.39, 0.29) is 71.7 Å². The van der Waals surface area contributed by atoms with Gasteiger partial charge in [0, 0.05) is 85.3 Å². The van der Waals surface area contributed by atoms with Gasteiger partial charge in [0.05, 0.1) is 28.1 Å². The lowest BCUT2D eigenvalue weighted by atomic mass is 9.77. The van der Waals surface area contributed by atoms with E-state index >= 15 is 8.78 Å². The first-order valence-electron chi connectivity index (χ1n) is 25.6. The molecule has 1 aromatic heterocycles. The third kappa shape index (κ3) is 8.40. The van der Waals surface area contributed by atoms with Crippen LogP contribution in [0.5, 0.6) is 11.5 Å². The van der Waals surface area contributed by atoms with E-state index < -0.39 is 45.5 Å². The quantitative estimate of drug-likeness (QED) is 0.0914. The summed E-state index contributed by atoms with van der Waals surface area (Å²) in [6.45, 7) is 5.33.